The van der Waals surface area contributed by atoms with E-state index in [1.807, 2.05) is 0 Å². The number of oxazole rings is 1. The fourth-order valence-electron chi connectivity index (χ4n) is 2.43. The first-order valence-electron chi connectivity index (χ1n) is 6.58. The summed E-state index contributed by atoms with van der Waals surface area (Å²) in [6, 6.07) is 6.43. The third-order valence-electron chi connectivity index (χ3n) is 3.46. The van der Waals surface area contributed by atoms with E-state index in [4.69, 9.17) is 4.42 Å². The zero-order valence-corrected chi connectivity index (χ0v) is 12.7. The first-order valence-corrected chi connectivity index (χ1v) is 8.02. The molecule has 1 N–H and O–H groups in total. The summed E-state index contributed by atoms with van der Waals surface area (Å²) < 4.78 is 56.5. The third kappa shape index (κ3) is 2.37. The molecule has 23 heavy (non-hydrogen) atoms. The van der Waals surface area contributed by atoms with Gasteiger partial charge in [-0.3, -0.25) is 0 Å². The molecule has 1 aliphatic heterocycles. The Labute approximate surface area is 130 Å². The summed E-state index contributed by atoms with van der Waals surface area (Å²) in [4.78, 5) is 3.28. The molecule has 0 saturated heterocycles. The quantitative estimate of drug-likeness (QED) is 0.927. The molecule has 1 aliphatic rings. The van der Waals surface area contributed by atoms with Crippen molar-refractivity contribution in [3.63, 3.8) is 0 Å². The number of sulfonamides is 1. The fourth-order valence-corrected chi connectivity index (χ4v) is 4.15. The zero-order chi connectivity index (χ0) is 16.8. The van der Waals surface area contributed by atoms with E-state index in [0.717, 1.165) is 6.39 Å². The lowest BCUT2D eigenvalue weighted by Gasteiger charge is -2.28. The van der Waals surface area contributed by atoms with Gasteiger partial charge in [-0.15, -0.1) is 0 Å². The number of aliphatic hydroxyl groups is 1. The van der Waals surface area contributed by atoms with Crippen molar-refractivity contribution in [3.8, 4) is 0 Å². The average Bonchev–Trinajstić information content (AvgIpc) is 2.94. The smallest absolute Gasteiger partial charge is 0.271 e. The molecule has 0 aliphatic carbocycles. The molecule has 1 aromatic carbocycles. The van der Waals surface area contributed by atoms with E-state index >= 15 is 0 Å². The van der Waals surface area contributed by atoms with Crippen LogP contribution in [0.5, 0.6) is 0 Å². The van der Waals surface area contributed by atoms with Crippen LogP contribution >= 0.6 is 0 Å². The molecule has 0 radical (unpaired) electrons. The molecule has 0 saturated carbocycles. The van der Waals surface area contributed by atoms with Crippen LogP contribution in [-0.2, 0) is 10.0 Å². The van der Waals surface area contributed by atoms with Gasteiger partial charge in [-0.05, 0) is 12.5 Å². The predicted octanol–water partition coefficient (Wildman–Crippen LogP) is 2.78. The van der Waals surface area contributed by atoms with Gasteiger partial charge in [0, 0.05) is 5.56 Å². The van der Waals surface area contributed by atoms with E-state index in [1.54, 1.807) is 25.1 Å². The van der Waals surface area contributed by atoms with Crippen LogP contribution in [0.25, 0.3) is 10.7 Å². The van der Waals surface area contributed by atoms with Gasteiger partial charge >= 0.3 is 0 Å². The summed E-state index contributed by atoms with van der Waals surface area (Å²) in [7, 11) is -4.42. The van der Waals surface area contributed by atoms with Crippen LogP contribution in [0.4, 0.5) is 14.7 Å². The molecule has 3 rings (SSSR count). The molecular weight excluding hydrogens is 330 g/mol. The predicted molar refractivity (Wildman–Crippen MR) is 79.4 cm³/mol. The Morgan fingerprint density at radius 1 is 1.35 bits per heavy atom. The Balaban J connectivity index is 2.30. The summed E-state index contributed by atoms with van der Waals surface area (Å²) >= 11 is 0. The SMILES string of the molecule is Cc1ccccc1C1=C(O)c2ncoc2N(CC(F)F)S1(=O)=O. The minimum atomic E-state index is -4.42. The highest BCUT2D eigenvalue weighted by molar-refractivity contribution is 8.02. The van der Waals surface area contributed by atoms with Gasteiger partial charge in [0.15, 0.2) is 17.8 Å². The Hall–Kier alpha value is -2.42. The molecule has 0 fully saturated rings. The fraction of sp³-hybridized carbons (Fsp3) is 0.214. The van der Waals surface area contributed by atoms with E-state index in [-0.39, 0.29) is 11.3 Å². The van der Waals surface area contributed by atoms with Gasteiger partial charge in [-0.1, -0.05) is 24.3 Å². The number of hydrogen-bond donors (Lipinski definition) is 1. The summed E-state index contributed by atoms with van der Waals surface area (Å²) in [5, 5.41) is 10.3. The molecule has 2 heterocycles. The van der Waals surface area contributed by atoms with Crippen LogP contribution in [0.15, 0.2) is 35.1 Å². The van der Waals surface area contributed by atoms with E-state index in [2.05, 4.69) is 4.98 Å². The number of nitrogens with zero attached hydrogens (tertiary/aromatic N) is 2. The molecule has 9 heteroatoms. The number of anilines is 1. The minimum absolute atomic E-state index is 0.182. The van der Waals surface area contributed by atoms with Crippen molar-refractivity contribution in [1.29, 1.82) is 0 Å². The molecular formula is C14H12F2N2O4S. The van der Waals surface area contributed by atoms with Crippen LogP contribution in [0.2, 0.25) is 0 Å². The Morgan fingerprint density at radius 3 is 2.70 bits per heavy atom. The largest absolute Gasteiger partial charge is 0.504 e. The van der Waals surface area contributed by atoms with Gasteiger partial charge in [-0.25, -0.2) is 26.5 Å². The van der Waals surface area contributed by atoms with E-state index in [1.165, 1.54) is 6.07 Å². The molecule has 122 valence electrons. The maximum Gasteiger partial charge on any atom is 0.271 e. The highest BCUT2D eigenvalue weighted by atomic mass is 32.2. The lowest BCUT2D eigenvalue weighted by Crippen LogP contribution is -2.38. The van der Waals surface area contributed by atoms with E-state index in [0.29, 0.717) is 9.87 Å². The summed E-state index contributed by atoms with van der Waals surface area (Å²) in [6.07, 6.45) is -2.02. The normalized spacial score (nSPS) is 16.8. The topological polar surface area (TPSA) is 83.6 Å². The standard InChI is InChI=1S/C14H12F2N2O4S/c1-8-4-2-3-5-9(8)13-12(19)11-14(22-7-17-11)18(6-10(15)16)23(13,20)21/h2-5,7,10,19H,6H2,1H3. The Bertz CT molecular complexity index is 890. The molecule has 0 unspecified atom stereocenters. The Morgan fingerprint density at radius 2 is 2.04 bits per heavy atom. The highest BCUT2D eigenvalue weighted by Gasteiger charge is 2.42. The number of fused-ring (bicyclic) bond motifs is 1. The summed E-state index contributed by atoms with van der Waals surface area (Å²) in [5.74, 6) is -1.03. The maximum atomic E-state index is 12.8. The lowest BCUT2D eigenvalue weighted by atomic mass is 10.1. The summed E-state index contributed by atoms with van der Waals surface area (Å²) in [5.41, 5.74) is 0.609. The molecule has 0 spiro atoms. The molecule has 1 aromatic heterocycles. The molecule has 0 amide bonds. The lowest BCUT2D eigenvalue weighted by molar-refractivity contribution is 0.158. The van der Waals surface area contributed by atoms with Crippen molar-refractivity contribution in [2.75, 3.05) is 10.8 Å². The average molecular weight is 342 g/mol. The van der Waals surface area contributed by atoms with Gasteiger partial charge in [0.25, 0.3) is 16.4 Å². The van der Waals surface area contributed by atoms with E-state index in [9.17, 15) is 22.3 Å². The molecule has 0 atom stereocenters. The van der Waals surface area contributed by atoms with Crippen LogP contribution < -0.4 is 4.31 Å². The maximum absolute atomic E-state index is 12.8. The van der Waals surface area contributed by atoms with Crippen LogP contribution in [0, 0.1) is 6.92 Å². The summed E-state index contributed by atoms with van der Waals surface area (Å²) in [6.45, 7) is 0.564. The number of halogens is 2. The number of alkyl halides is 2. The van der Waals surface area contributed by atoms with Crippen LogP contribution in [-0.4, -0.2) is 31.5 Å². The second-order valence-electron chi connectivity index (χ2n) is 4.93. The monoisotopic (exact) mass is 342 g/mol. The van der Waals surface area contributed by atoms with Crippen molar-refractivity contribution >= 4 is 26.6 Å². The first-order chi connectivity index (χ1) is 10.8. The third-order valence-corrected chi connectivity index (χ3v) is 5.28. The van der Waals surface area contributed by atoms with Gasteiger partial charge < -0.3 is 9.52 Å². The van der Waals surface area contributed by atoms with Gasteiger partial charge in [-0.2, -0.15) is 0 Å². The van der Waals surface area contributed by atoms with Crippen molar-refractivity contribution < 1.29 is 26.7 Å². The molecule has 0 bridgehead atoms. The van der Waals surface area contributed by atoms with Crippen molar-refractivity contribution in [3.05, 3.63) is 47.5 Å². The number of aliphatic hydroxyl groups excluding tert-OH is 1. The Kier molecular flexibility index (Phi) is 3.59. The molecule has 6 nitrogen and oxygen atoms in total. The van der Waals surface area contributed by atoms with Crippen molar-refractivity contribution in [2.24, 2.45) is 0 Å². The van der Waals surface area contributed by atoms with Crippen LogP contribution in [0.1, 0.15) is 16.8 Å². The second-order valence-corrected chi connectivity index (χ2v) is 6.73. The first kappa shape index (κ1) is 15.5. The van der Waals surface area contributed by atoms with Crippen molar-refractivity contribution in [2.45, 2.75) is 13.3 Å². The van der Waals surface area contributed by atoms with Crippen molar-refractivity contribution in [1.82, 2.24) is 4.98 Å². The van der Waals surface area contributed by atoms with Gasteiger partial charge in [0.05, 0.1) is 6.54 Å². The molecule has 2 aromatic rings. The van der Waals surface area contributed by atoms with E-state index < -0.39 is 39.5 Å². The minimum Gasteiger partial charge on any atom is -0.504 e. The van der Waals surface area contributed by atoms with Crippen LogP contribution in [0.3, 0.4) is 0 Å². The number of aryl methyl sites for hydroxylation is 1. The zero-order valence-electron chi connectivity index (χ0n) is 11.9. The number of benzene rings is 1. The van der Waals surface area contributed by atoms with Gasteiger partial charge in [0.1, 0.15) is 4.91 Å². The number of aromatic nitrogens is 1. The highest BCUT2D eigenvalue weighted by Crippen LogP contribution is 2.42. The number of rotatable bonds is 3. The second kappa shape index (κ2) is 5.34. The van der Waals surface area contributed by atoms with Gasteiger partial charge in [0.2, 0.25) is 5.88 Å². The number of hydrogen-bond acceptors (Lipinski definition) is 5.